The van der Waals surface area contributed by atoms with Gasteiger partial charge in [0.15, 0.2) is 0 Å². The maximum atomic E-state index is 5.26. The Morgan fingerprint density at radius 2 is 2.21 bits per heavy atom. The number of ether oxygens (including phenoxy) is 1. The molecule has 3 nitrogen and oxygen atoms in total. The minimum absolute atomic E-state index is 0.645. The van der Waals surface area contributed by atoms with Crippen molar-refractivity contribution < 1.29 is 4.74 Å². The molecule has 0 aliphatic heterocycles. The number of aryl methyl sites for hydroxylation is 2. The van der Waals surface area contributed by atoms with Crippen LogP contribution in [0.25, 0.3) is 10.9 Å². The van der Waals surface area contributed by atoms with E-state index in [9.17, 15) is 0 Å². The Kier molecular flexibility index (Phi) is 4.48. The number of terminal acetylenes is 1. The van der Waals surface area contributed by atoms with Crippen molar-refractivity contribution >= 4 is 10.9 Å². The summed E-state index contributed by atoms with van der Waals surface area (Å²) in [6, 6.07) is 8.42. The Morgan fingerprint density at radius 3 is 2.95 bits per heavy atom. The first-order chi connectivity index (χ1) is 9.26. The summed E-state index contributed by atoms with van der Waals surface area (Å²) in [7, 11) is 3.81. The minimum atomic E-state index is 0.645. The van der Waals surface area contributed by atoms with Crippen LogP contribution in [0.1, 0.15) is 12.1 Å². The fraction of sp³-hybridized carbons (Fsp3) is 0.375. The van der Waals surface area contributed by atoms with E-state index in [0.29, 0.717) is 6.54 Å². The van der Waals surface area contributed by atoms with E-state index in [0.717, 1.165) is 25.1 Å². The van der Waals surface area contributed by atoms with Crippen LogP contribution in [-0.4, -0.2) is 24.8 Å². The van der Waals surface area contributed by atoms with Crippen LogP contribution < -0.4 is 10.1 Å². The van der Waals surface area contributed by atoms with Gasteiger partial charge in [-0.05, 0) is 43.7 Å². The summed E-state index contributed by atoms with van der Waals surface area (Å²) in [6.45, 7) is 1.60. The lowest BCUT2D eigenvalue weighted by molar-refractivity contribution is 0.415. The van der Waals surface area contributed by atoms with Gasteiger partial charge in [-0.3, -0.25) is 0 Å². The molecule has 0 atom stereocenters. The molecule has 100 valence electrons. The van der Waals surface area contributed by atoms with Gasteiger partial charge in [0.05, 0.1) is 13.7 Å². The highest BCUT2D eigenvalue weighted by atomic mass is 16.5. The van der Waals surface area contributed by atoms with Crippen molar-refractivity contribution in [3.05, 3.63) is 30.0 Å². The summed E-state index contributed by atoms with van der Waals surface area (Å²) >= 11 is 0. The van der Waals surface area contributed by atoms with E-state index in [1.54, 1.807) is 7.11 Å². The predicted molar refractivity (Wildman–Crippen MR) is 79.5 cm³/mol. The van der Waals surface area contributed by atoms with Gasteiger partial charge in [-0.1, -0.05) is 5.92 Å². The Bertz CT molecular complexity index is 593. The smallest absolute Gasteiger partial charge is 0.119 e. The fourth-order valence-corrected chi connectivity index (χ4v) is 2.31. The molecule has 0 saturated carbocycles. The zero-order valence-corrected chi connectivity index (χ0v) is 11.6. The summed E-state index contributed by atoms with van der Waals surface area (Å²) in [4.78, 5) is 0. The van der Waals surface area contributed by atoms with Gasteiger partial charge in [0.1, 0.15) is 5.75 Å². The normalized spacial score (nSPS) is 10.6. The zero-order chi connectivity index (χ0) is 13.7. The molecule has 0 amide bonds. The zero-order valence-electron chi connectivity index (χ0n) is 11.6. The molecule has 0 aliphatic carbocycles. The van der Waals surface area contributed by atoms with E-state index in [4.69, 9.17) is 11.2 Å². The molecule has 1 aromatic heterocycles. The molecule has 0 bridgehead atoms. The summed E-state index contributed by atoms with van der Waals surface area (Å²) in [6.07, 6.45) is 7.33. The molecule has 3 heteroatoms. The number of hydrogen-bond donors (Lipinski definition) is 1. The summed E-state index contributed by atoms with van der Waals surface area (Å²) < 4.78 is 7.50. The second-order valence-corrected chi connectivity index (χ2v) is 4.60. The van der Waals surface area contributed by atoms with Crippen molar-refractivity contribution in [1.29, 1.82) is 0 Å². The lowest BCUT2D eigenvalue weighted by Gasteiger charge is -2.05. The molecule has 0 aliphatic rings. The molecule has 0 saturated heterocycles. The third-order valence-corrected chi connectivity index (χ3v) is 3.36. The van der Waals surface area contributed by atoms with Crippen LogP contribution in [0.15, 0.2) is 24.3 Å². The number of nitrogens with zero attached hydrogens (tertiary/aromatic N) is 1. The fourth-order valence-electron chi connectivity index (χ4n) is 2.31. The molecular weight excluding hydrogens is 236 g/mol. The molecule has 1 heterocycles. The van der Waals surface area contributed by atoms with Gasteiger partial charge in [0, 0.05) is 23.6 Å². The third kappa shape index (κ3) is 3.10. The van der Waals surface area contributed by atoms with Crippen molar-refractivity contribution in [3.8, 4) is 18.1 Å². The largest absolute Gasteiger partial charge is 0.497 e. The first-order valence-electron chi connectivity index (χ1n) is 6.53. The van der Waals surface area contributed by atoms with Crippen molar-refractivity contribution in [2.24, 2.45) is 7.05 Å². The first-order valence-corrected chi connectivity index (χ1v) is 6.53. The topological polar surface area (TPSA) is 26.2 Å². The monoisotopic (exact) mass is 256 g/mol. The number of methoxy groups -OCH3 is 1. The number of hydrogen-bond acceptors (Lipinski definition) is 2. The molecular formula is C16H20N2O. The van der Waals surface area contributed by atoms with Crippen LogP contribution in [0.2, 0.25) is 0 Å². The Hall–Kier alpha value is -1.92. The van der Waals surface area contributed by atoms with Crippen molar-refractivity contribution in [2.75, 3.05) is 20.2 Å². The van der Waals surface area contributed by atoms with Gasteiger partial charge in [-0.15, -0.1) is 6.42 Å². The maximum absolute atomic E-state index is 5.26. The van der Waals surface area contributed by atoms with Gasteiger partial charge in [-0.2, -0.15) is 0 Å². The Morgan fingerprint density at radius 1 is 1.37 bits per heavy atom. The van der Waals surface area contributed by atoms with E-state index in [-0.39, 0.29) is 0 Å². The van der Waals surface area contributed by atoms with Gasteiger partial charge in [-0.25, -0.2) is 0 Å². The standard InChI is InChI=1S/C16H20N2O/c1-4-9-17-10-5-6-14-11-13-12-15(19-3)7-8-16(13)18(14)2/h1,7-8,11-12,17H,5-6,9-10H2,2-3H3. The van der Waals surface area contributed by atoms with Gasteiger partial charge in [0.2, 0.25) is 0 Å². The van der Waals surface area contributed by atoms with E-state index < -0.39 is 0 Å². The maximum Gasteiger partial charge on any atom is 0.119 e. The van der Waals surface area contributed by atoms with Crippen molar-refractivity contribution in [3.63, 3.8) is 0 Å². The van der Waals surface area contributed by atoms with Crippen LogP contribution in [0.5, 0.6) is 5.75 Å². The van der Waals surface area contributed by atoms with Crippen LogP contribution in [0.3, 0.4) is 0 Å². The van der Waals surface area contributed by atoms with E-state index in [1.165, 1.54) is 16.6 Å². The lowest BCUT2D eigenvalue weighted by atomic mass is 10.2. The average molecular weight is 256 g/mol. The second-order valence-electron chi connectivity index (χ2n) is 4.60. The van der Waals surface area contributed by atoms with Crippen LogP contribution in [0.4, 0.5) is 0 Å². The molecule has 0 spiro atoms. The van der Waals surface area contributed by atoms with Crippen LogP contribution >= 0.6 is 0 Å². The SMILES string of the molecule is C#CCNCCCc1cc2cc(OC)ccc2n1C. The molecule has 19 heavy (non-hydrogen) atoms. The molecule has 0 fully saturated rings. The number of fused-ring (bicyclic) bond motifs is 1. The van der Waals surface area contributed by atoms with Crippen molar-refractivity contribution in [2.45, 2.75) is 12.8 Å². The molecule has 1 N–H and O–H groups in total. The van der Waals surface area contributed by atoms with Gasteiger partial charge >= 0.3 is 0 Å². The summed E-state index contributed by atoms with van der Waals surface area (Å²) in [5.41, 5.74) is 2.58. The van der Waals surface area contributed by atoms with Crippen molar-refractivity contribution in [1.82, 2.24) is 9.88 Å². The highest BCUT2D eigenvalue weighted by Crippen LogP contribution is 2.24. The van der Waals surface area contributed by atoms with Crippen LogP contribution in [-0.2, 0) is 13.5 Å². The summed E-state index contributed by atoms with van der Waals surface area (Å²) in [5, 5.41) is 4.44. The first kappa shape index (κ1) is 13.5. The number of aromatic nitrogens is 1. The lowest BCUT2D eigenvalue weighted by Crippen LogP contribution is -2.16. The molecule has 1 aromatic carbocycles. The molecule has 2 rings (SSSR count). The van der Waals surface area contributed by atoms with E-state index in [1.807, 2.05) is 6.07 Å². The second kappa shape index (κ2) is 6.31. The molecule has 0 radical (unpaired) electrons. The van der Waals surface area contributed by atoms with Gasteiger partial charge in [0.25, 0.3) is 0 Å². The highest BCUT2D eigenvalue weighted by Gasteiger charge is 2.06. The minimum Gasteiger partial charge on any atom is -0.497 e. The molecule has 2 aromatic rings. The molecule has 0 unspecified atom stereocenters. The third-order valence-electron chi connectivity index (χ3n) is 3.36. The quantitative estimate of drug-likeness (QED) is 0.634. The Balaban J connectivity index is 2.07. The highest BCUT2D eigenvalue weighted by molar-refractivity contribution is 5.82. The van der Waals surface area contributed by atoms with Gasteiger partial charge < -0.3 is 14.6 Å². The van der Waals surface area contributed by atoms with E-state index in [2.05, 4.69) is 41.1 Å². The van der Waals surface area contributed by atoms with Crippen LogP contribution in [0, 0.1) is 12.3 Å². The predicted octanol–water partition coefficient (Wildman–Crippen LogP) is 2.34. The average Bonchev–Trinajstić information content (AvgIpc) is 2.75. The number of nitrogens with one attached hydrogen (secondary N) is 1. The number of benzene rings is 1. The van der Waals surface area contributed by atoms with E-state index >= 15 is 0 Å². The Labute approximate surface area is 114 Å². The number of rotatable bonds is 6. The summed E-state index contributed by atoms with van der Waals surface area (Å²) in [5.74, 6) is 3.48.